The predicted octanol–water partition coefficient (Wildman–Crippen LogP) is 1.89. The summed E-state index contributed by atoms with van der Waals surface area (Å²) in [6.07, 6.45) is 5.34. The molecule has 2 N–H and O–H groups in total. The molecule has 6 nitrogen and oxygen atoms in total. The van der Waals surface area contributed by atoms with E-state index in [9.17, 15) is 14.7 Å². The Hall–Kier alpha value is -2.50. The molecule has 0 unspecified atom stereocenters. The molecule has 2 bridgehead atoms. The number of ether oxygens (including phenoxy) is 2. The highest BCUT2D eigenvalue weighted by Crippen LogP contribution is 2.48. The number of allylic oxidation sites excluding steroid dienone is 2. The highest BCUT2D eigenvalue weighted by atomic mass is 16.5. The van der Waals surface area contributed by atoms with Crippen molar-refractivity contribution in [2.45, 2.75) is 12.8 Å². The number of hydrogen-bond acceptors (Lipinski definition) is 4. The summed E-state index contributed by atoms with van der Waals surface area (Å²) >= 11 is 0. The first-order valence-corrected chi connectivity index (χ1v) is 8.45. The van der Waals surface area contributed by atoms with Crippen molar-refractivity contribution < 1.29 is 24.2 Å². The van der Waals surface area contributed by atoms with E-state index in [2.05, 4.69) is 5.32 Å². The molecular formula is C19H23NO5. The van der Waals surface area contributed by atoms with Gasteiger partial charge in [-0.2, -0.15) is 0 Å². The number of benzene rings is 1. The third-order valence-corrected chi connectivity index (χ3v) is 5.21. The van der Waals surface area contributed by atoms with E-state index in [0.29, 0.717) is 24.5 Å². The van der Waals surface area contributed by atoms with Gasteiger partial charge in [-0.05, 0) is 42.4 Å². The maximum atomic E-state index is 12.5. The first-order valence-electron chi connectivity index (χ1n) is 8.45. The monoisotopic (exact) mass is 345 g/mol. The van der Waals surface area contributed by atoms with Crippen LogP contribution in [0, 0.1) is 23.7 Å². The number of nitrogens with one attached hydrogen (secondary N) is 1. The van der Waals surface area contributed by atoms with Crippen LogP contribution in [0.1, 0.15) is 12.0 Å². The summed E-state index contributed by atoms with van der Waals surface area (Å²) in [4.78, 5) is 24.0. The van der Waals surface area contributed by atoms with Crippen molar-refractivity contribution in [1.29, 1.82) is 0 Å². The zero-order valence-corrected chi connectivity index (χ0v) is 14.4. The normalized spacial score (nSPS) is 26.5. The molecule has 134 valence electrons. The molecule has 0 aliphatic heterocycles. The average Bonchev–Trinajstić information content (AvgIpc) is 3.22. The molecule has 0 heterocycles. The van der Waals surface area contributed by atoms with Gasteiger partial charge >= 0.3 is 5.97 Å². The molecule has 1 aromatic rings. The predicted molar refractivity (Wildman–Crippen MR) is 91.6 cm³/mol. The smallest absolute Gasteiger partial charge is 0.307 e. The van der Waals surface area contributed by atoms with Gasteiger partial charge in [0.2, 0.25) is 5.91 Å². The first-order chi connectivity index (χ1) is 12.0. The number of carbonyl (C=O) groups excluding carboxylic acids is 1. The maximum absolute atomic E-state index is 12.5. The molecular weight excluding hydrogens is 322 g/mol. The van der Waals surface area contributed by atoms with Gasteiger partial charge in [0.15, 0.2) is 11.5 Å². The lowest BCUT2D eigenvalue weighted by Gasteiger charge is -2.23. The minimum Gasteiger partial charge on any atom is -0.493 e. The van der Waals surface area contributed by atoms with Crippen LogP contribution in [0.3, 0.4) is 0 Å². The van der Waals surface area contributed by atoms with E-state index in [4.69, 9.17) is 9.47 Å². The Balaban J connectivity index is 1.58. The largest absolute Gasteiger partial charge is 0.493 e. The van der Waals surface area contributed by atoms with Gasteiger partial charge in [-0.15, -0.1) is 0 Å². The Labute approximate surface area is 146 Å². The highest BCUT2D eigenvalue weighted by molar-refractivity contribution is 5.86. The summed E-state index contributed by atoms with van der Waals surface area (Å²) in [6.45, 7) is 0.457. The van der Waals surface area contributed by atoms with E-state index in [0.717, 1.165) is 12.0 Å². The molecule has 2 aliphatic carbocycles. The third-order valence-electron chi connectivity index (χ3n) is 5.21. The molecule has 4 atom stereocenters. The van der Waals surface area contributed by atoms with Gasteiger partial charge in [-0.1, -0.05) is 18.2 Å². The van der Waals surface area contributed by atoms with Crippen molar-refractivity contribution in [3.05, 3.63) is 35.9 Å². The van der Waals surface area contributed by atoms with Crippen LogP contribution in [0.15, 0.2) is 30.4 Å². The number of carbonyl (C=O) groups is 2. The summed E-state index contributed by atoms with van der Waals surface area (Å²) in [5.41, 5.74) is 1.01. The number of fused-ring (bicyclic) bond motifs is 2. The summed E-state index contributed by atoms with van der Waals surface area (Å²) in [5, 5.41) is 12.3. The fraction of sp³-hybridized carbons (Fsp3) is 0.474. The van der Waals surface area contributed by atoms with Gasteiger partial charge in [0.1, 0.15) is 0 Å². The van der Waals surface area contributed by atoms with E-state index < -0.39 is 17.8 Å². The van der Waals surface area contributed by atoms with Gasteiger partial charge in [0.25, 0.3) is 0 Å². The number of carboxylic acid groups (broad SMARTS) is 1. The van der Waals surface area contributed by atoms with Gasteiger partial charge in [0.05, 0.1) is 26.1 Å². The molecule has 2 aliphatic rings. The maximum Gasteiger partial charge on any atom is 0.307 e. The Morgan fingerprint density at radius 1 is 1.12 bits per heavy atom. The molecule has 0 radical (unpaired) electrons. The molecule has 0 aromatic heterocycles. The Kier molecular flexibility index (Phi) is 4.97. The summed E-state index contributed by atoms with van der Waals surface area (Å²) < 4.78 is 10.5. The van der Waals surface area contributed by atoms with Gasteiger partial charge in [-0.25, -0.2) is 0 Å². The summed E-state index contributed by atoms with van der Waals surface area (Å²) in [6, 6.07) is 5.64. The second kappa shape index (κ2) is 7.17. The fourth-order valence-corrected chi connectivity index (χ4v) is 4.00. The van der Waals surface area contributed by atoms with Crippen molar-refractivity contribution >= 4 is 11.9 Å². The van der Waals surface area contributed by atoms with Crippen LogP contribution in [-0.2, 0) is 16.0 Å². The number of aliphatic carboxylic acids is 1. The summed E-state index contributed by atoms with van der Waals surface area (Å²) in [5.74, 6) is -0.754. The van der Waals surface area contributed by atoms with Crippen molar-refractivity contribution in [1.82, 2.24) is 5.32 Å². The van der Waals surface area contributed by atoms with Gasteiger partial charge in [0, 0.05) is 6.54 Å². The minimum absolute atomic E-state index is 0.0101. The molecule has 1 amide bonds. The molecule has 0 saturated heterocycles. The van der Waals surface area contributed by atoms with Crippen molar-refractivity contribution in [3.63, 3.8) is 0 Å². The van der Waals surface area contributed by atoms with E-state index in [1.54, 1.807) is 14.2 Å². The zero-order valence-electron chi connectivity index (χ0n) is 14.4. The Morgan fingerprint density at radius 3 is 2.44 bits per heavy atom. The standard InChI is InChI=1S/C19H23NO5/c1-24-14-6-3-11(9-15(14)25-2)7-8-20-18(21)16-12-4-5-13(10-12)17(16)19(22)23/h3-6,9,12-13,16-17H,7-8,10H2,1-2H3,(H,20,21)(H,22,23)/t12-,13-,16+,17-/m0/s1. The average molecular weight is 345 g/mol. The molecule has 6 heteroatoms. The van der Waals surface area contributed by atoms with E-state index >= 15 is 0 Å². The number of rotatable bonds is 7. The topological polar surface area (TPSA) is 84.9 Å². The SMILES string of the molecule is COc1ccc(CCNC(=O)[C@H]2[C@@H](C(=O)O)[C@H]3C=C[C@H]2C3)cc1OC. The fourth-order valence-electron chi connectivity index (χ4n) is 4.00. The minimum atomic E-state index is -0.878. The second-order valence-electron chi connectivity index (χ2n) is 6.57. The molecule has 1 fully saturated rings. The van der Waals surface area contributed by atoms with Crippen LogP contribution in [0.2, 0.25) is 0 Å². The third kappa shape index (κ3) is 3.34. The van der Waals surface area contributed by atoms with Crippen molar-refractivity contribution in [2.75, 3.05) is 20.8 Å². The molecule has 1 aromatic carbocycles. The molecule has 25 heavy (non-hydrogen) atoms. The van der Waals surface area contributed by atoms with E-state index in [1.165, 1.54) is 0 Å². The van der Waals surface area contributed by atoms with Crippen LogP contribution < -0.4 is 14.8 Å². The van der Waals surface area contributed by atoms with Crippen LogP contribution in [0.25, 0.3) is 0 Å². The summed E-state index contributed by atoms with van der Waals surface area (Å²) in [7, 11) is 3.17. The number of methoxy groups -OCH3 is 2. The lowest BCUT2D eigenvalue weighted by atomic mass is 9.82. The van der Waals surface area contributed by atoms with Crippen LogP contribution in [-0.4, -0.2) is 37.7 Å². The lowest BCUT2D eigenvalue weighted by molar-refractivity contribution is -0.147. The van der Waals surface area contributed by atoms with Crippen molar-refractivity contribution in [2.24, 2.45) is 23.7 Å². The Morgan fingerprint density at radius 2 is 1.80 bits per heavy atom. The van der Waals surface area contributed by atoms with Gasteiger partial charge < -0.3 is 19.9 Å². The molecule has 0 spiro atoms. The van der Waals surface area contributed by atoms with Crippen LogP contribution in [0.5, 0.6) is 11.5 Å². The van der Waals surface area contributed by atoms with Crippen molar-refractivity contribution in [3.8, 4) is 11.5 Å². The highest BCUT2D eigenvalue weighted by Gasteiger charge is 2.51. The second-order valence-corrected chi connectivity index (χ2v) is 6.57. The van der Waals surface area contributed by atoms with Crippen LogP contribution >= 0.6 is 0 Å². The lowest BCUT2D eigenvalue weighted by Crippen LogP contribution is -2.40. The Bertz CT molecular complexity index is 699. The number of hydrogen-bond donors (Lipinski definition) is 2. The quantitative estimate of drug-likeness (QED) is 0.737. The molecule has 1 saturated carbocycles. The molecule has 3 rings (SSSR count). The first kappa shape index (κ1) is 17.3. The zero-order chi connectivity index (χ0) is 18.0. The van der Waals surface area contributed by atoms with Gasteiger partial charge in [-0.3, -0.25) is 9.59 Å². The van der Waals surface area contributed by atoms with E-state index in [1.807, 2.05) is 30.4 Å². The van der Waals surface area contributed by atoms with E-state index in [-0.39, 0.29) is 17.7 Å². The number of carboxylic acids is 1. The van der Waals surface area contributed by atoms with Crippen LogP contribution in [0.4, 0.5) is 0 Å². The number of amides is 1.